The van der Waals surface area contributed by atoms with Crippen molar-refractivity contribution in [3.8, 4) is 0 Å². The zero-order valence-corrected chi connectivity index (χ0v) is 19.8. The van der Waals surface area contributed by atoms with Crippen molar-refractivity contribution in [1.82, 2.24) is 15.5 Å². The van der Waals surface area contributed by atoms with E-state index in [1.807, 2.05) is 6.92 Å². The SMILES string of the molecule is Cc1ccc(C(C(=O)NC2CCCCC2)N(CCC(C)C)C(=O)CNC(=O)c2ccco2)o1. The van der Waals surface area contributed by atoms with Crippen LogP contribution in [0, 0.1) is 12.8 Å². The van der Waals surface area contributed by atoms with Gasteiger partial charge < -0.3 is 24.4 Å². The van der Waals surface area contributed by atoms with Crippen LogP contribution in [0.5, 0.6) is 0 Å². The third-order valence-corrected chi connectivity index (χ3v) is 5.96. The highest BCUT2D eigenvalue weighted by Gasteiger charge is 2.35. The van der Waals surface area contributed by atoms with Crippen molar-refractivity contribution in [2.75, 3.05) is 13.1 Å². The molecule has 0 aliphatic heterocycles. The van der Waals surface area contributed by atoms with Crippen molar-refractivity contribution in [2.24, 2.45) is 5.92 Å². The minimum atomic E-state index is -0.896. The van der Waals surface area contributed by atoms with Crippen LogP contribution in [0.1, 0.15) is 80.5 Å². The molecule has 0 radical (unpaired) electrons. The van der Waals surface area contributed by atoms with Gasteiger partial charge in [0, 0.05) is 12.6 Å². The number of amides is 3. The van der Waals surface area contributed by atoms with Crippen LogP contribution >= 0.6 is 0 Å². The molecule has 1 saturated carbocycles. The van der Waals surface area contributed by atoms with E-state index in [9.17, 15) is 14.4 Å². The fraction of sp³-hybridized carbons (Fsp3) is 0.560. The Bertz CT molecular complexity index is 912. The van der Waals surface area contributed by atoms with Crippen molar-refractivity contribution < 1.29 is 23.2 Å². The lowest BCUT2D eigenvalue weighted by molar-refractivity contribution is -0.141. The molecular formula is C25H35N3O5. The Kier molecular flexibility index (Phi) is 8.74. The normalized spacial score (nSPS) is 15.3. The molecule has 0 aromatic carbocycles. The number of carbonyl (C=O) groups excluding carboxylic acids is 3. The number of furan rings is 2. The van der Waals surface area contributed by atoms with Crippen LogP contribution in [0.25, 0.3) is 0 Å². The summed E-state index contributed by atoms with van der Waals surface area (Å²) in [6.07, 6.45) is 7.35. The zero-order valence-electron chi connectivity index (χ0n) is 19.8. The summed E-state index contributed by atoms with van der Waals surface area (Å²) in [6.45, 7) is 6.06. The molecule has 1 aliphatic carbocycles. The maximum absolute atomic E-state index is 13.5. The molecule has 3 rings (SSSR count). The van der Waals surface area contributed by atoms with Crippen molar-refractivity contribution in [3.63, 3.8) is 0 Å². The lowest BCUT2D eigenvalue weighted by Gasteiger charge is -2.32. The summed E-state index contributed by atoms with van der Waals surface area (Å²) in [5.41, 5.74) is 0. The summed E-state index contributed by atoms with van der Waals surface area (Å²) in [7, 11) is 0. The monoisotopic (exact) mass is 457 g/mol. The summed E-state index contributed by atoms with van der Waals surface area (Å²) in [5, 5.41) is 5.74. The van der Waals surface area contributed by atoms with E-state index in [2.05, 4.69) is 24.5 Å². The highest BCUT2D eigenvalue weighted by Crippen LogP contribution is 2.26. The third kappa shape index (κ3) is 6.97. The molecule has 0 spiro atoms. The van der Waals surface area contributed by atoms with Gasteiger partial charge in [-0.2, -0.15) is 0 Å². The van der Waals surface area contributed by atoms with Crippen LogP contribution in [0.2, 0.25) is 0 Å². The average molecular weight is 458 g/mol. The predicted molar refractivity (Wildman–Crippen MR) is 123 cm³/mol. The van der Waals surface area contributed by atoms with Crippen LogP contribution in [0.4, 0.5) is 0 Å². The Hall–Kier alpha value is -3.03. The molecule has 2 aromatic heterocycles. The fourth-order valence-electron chi connectivity index (χ4n) is 4.10. The Morgan fingerprint density at radius 2 is 1.88 bits per heavy atom. The zero-order chi connectivity index (χ0) is 23.8. The lowest BCUT2D eigenvalue weighted by atomic mass is 9.95. The molecule has 1 unspecified atom stereocenters. The van der Waals surface area contributed by atoms with Crippen LogP contribution in [-0.2, 0) is 9.59 Å². The van der Waals surface area contributed by atoms with Gasteiger partial charge in [0.25, 0.3) is 11.8 Å². The summed E-state index contributed by atoms with van der Waals surface area (Å²) in [6, 6.07) is 5.88. The first kappa shape index (κ1) is 24.6. The van der Waals surface area contributed by atoms with E-state index >= 15 is 0 Å². The van der Waals surface area contributed by atoms with E-state index in [4.69, 9.17) is 8.83 Å². The van der Waals surface area contributed by atoms with Crippen molar-refractivity contribution in [3.05, 3.63) is 47.8 Å². The Balaban J connectivity index is 1.80. The van der Waals surface area contributed by atoms with Gasteiger partial charge in [-0.15, -0.1) is 0 Å². The van der Waals surface area contributed by atoms with Gasteiger partial charge in [-0.25, -0.2) is 0 Å². The predicted octanol–water partition coefficient (Wildman–Crippen LogP) is 3.98. The number of hydrogen-bond donors (Lipinski definition) is 2. The molecule has 8 nitrogen and oxygen atoms in total. The average Bonchev–Trinajstić information content (AvgIpc) is 3.47. The molecule has 1 aliphatic rings. The van der Waals surface area contributed by atoms with Gasteiger partial charge in [-0.3, -0.25) is 14.4 Å². The molecule has 1 fully saturated rings. The van der Waals surface area contributed by atoms with Gasteiger partial charge in [0.1, 0.15) is 11.5 Å². The maximum Gasteiger partial charge on any atom is 0.287 e. The highest BCUT2D eigenvalue weighted by atomic mass is 16.3. The number of hydrogen-bond acceptors (Lipinski definition) is 5. The molecule has 180 valence electrons. The highest BCUT2D eigenvalue weighted by molar-refractivity contribution is 5.95. The molecule has 3 amide bonds. The van der Waals surface area contributed by atoms with E-state index in [1.165, 1.54) is 23.7 Å². The third-order valence-electron chi connectivity index (χ3n) is 5.96. The van der Waals surface area contributed by atoms with Crippen LogP contribution in [0.15, 0.2) is 39.4 Å². The van der Waals surface area contributed by atoms with Crippen molar-refractivity contribution >= 4 is 17.7 Å². The first-order chi connectivity index (χ1) is 15.8. The van der Waals surface area contributed by atoms with Gasteiger partial charge in [0.15, 0.2) is 11.8 Å². The molecule has 0 bridgehead atoms. The van der Waals surface area contributed by atoms with Crippen molar-refractivity contribution in [2.45, 2.75) is 71.4 Å². The Labute approximate surface area is 195 Å². The molecule has 2 heterocycles. The van der Waals surface area contributed by atoms with Crippen LogP contribution < -0.4 is 10.6 Å². The second kappa shape index (κ2) is 11.7. The molecule has 2 N–H and O–H groups in total. The van der Waals surface area contributed by atoms with E-state index in [-0.39, 0.29) is 30.2 Å². The van der Waals surface area contributed by atoms with E-state index in [0.717, 1.165) is 25.7 Å². The quantitative estimate of drug-likeness (QED) is 0.562. The van der Waals surface area contributed by atoms with E-state index in [0.29, 0.717) is 30.4 Å². The van der Waals surface area contributed by atoms with Crippen LogP contribution in [0.3, 0.4) is 0 Å². The second-order valence-corrected chi connectivity index (χ2v) is 9.12. The second-order valence-electron chi connectivity index (χ2n) is 9.12. The van der Waals surface area contributed by atoms with Gasteiger partial charge in [0.05, 0.1) is 12.8 Å². The molecule has 1 atom stereocenters. The first-order valence-electron chi connectivity index (χ1n) is 11.8. The fourth-order valence-corrected chi connectivity index (χ4v) is 4.10. The molecule has 2 aromatic rings. The van der Waals surface area contributed by atoms with Gasteiger partial charge in [-0.1, -0.05) is 33.1 Å². The van der Waals surface area contributed by atoms with Gasteiger partial charge in [-0.05, 0) is 56.4 Å². The summed E-state index contributed by atoms with van der Waals surface area (Å²) in [4.78, 5) is 40.6. The Morgan fingerprint density at radius 1 is 1.12 bits per heavy atom. The summed E-state index contributed by atoms with van der Waals surface area (Å²) in [5.74, 6) is 0.481. The largest absolute Gasteiger partial charge is 0.464 e. The number of carbonyl (C=O) groups is 3. The van der Waals surface area contributed by atoms with Gasteiger partial charge >= 0.3 is 0 Å². The standard InChI is InChI=1S/C25H35N3O5/c1-17(2)13-14-28(22(29)16-26-24(30)21-10-7-15-32-21)23(20-12-11-18(3)33-20)25(31)27-19-8-5-4-6-9-19/h7,10-12,15,17,19,23H,4-6,8-9,13-14,16H2,1-3H3,(H,26,30)(H,27,31). The van der Waals surface area contributed by atoms with E-state index in [1.54, 1.807) is 18.2 Å². The minimum absolute atomic E-state index is 0.102. The molecule has 33 heavy (non-hydrogen) atoms. The summed E-state index contributed by atoms with van der Waals surface area (Å²) < 4.78 is 10.9. The summed E-state index contributed by atoms with van der Waals surface area (Å²) >= 11 is 0. The topological polar surface area (TPSA) is 105 Å². The smallest absolute Gasteiger partial charge is 0.287 e. The molecule has 0 saturated heterocycles. The molecule has 8 heteroatoms. The molecular weight excluding hydrogens is 422 g/mol. The minimum Gasteiger partial charge on any atom is -0.464 e. The number of nitrogens with zero attached hydrogens (tertiary/aromatic N) is 1. The number of nitrogens with one attached hydrogen (secondary N) is 2. The number of rotatable bonds is 10. The van der Waals surface area contributed by atoms with Gasteiger partial charge in [0.2, 0.25) is 5.91 Å². The number of aryl methyl sites for hydroxylation is 1. The lowest BCUT2D eigenvalue weighted by Crippen LogP contribution is -2.49. The maximum atomic E-state index is 13.5. The first-order valence-corrected chi connectivity index (χ1v) is 11.8. The Morgan fingerprint density at radius 3 is 2.48 bits per heavy atom. The van der Waals surface area contributed by atoms with Crippen LogP contribution in [-0.4, -0.2) is 41.8 Å². The van der Waals surface area contributed by atoms with E-state index < -0.39 is 11.9 Å². The van der Waals surface area contributed by atoms with Crippen molar-refractivity contribution in [1.29, 1.82) is 0 Å².